The van der Waals surface area contributed by atoms with Crippen LogP contribution in [0.5, 0.6) is 0 Å². The molecule has 0 aromatic rings. The molecular formula is CH4Na2O3. The van der Waals surface area contributed by atoms with Gasteiger partial charge in [0, 0.05) is 0 Å². The molecule has 0 bridgehead atoms. The van der Waals surface area contributed by atoms with Crippen LogP contribution in [-0.2, 0) is 9.68 Å². The molecule has 0 aromatic carbocycles. The van der Waals surface area contributed by atoms with Crippen LogP contribution >= 0.6 is 0 Å². The minimum Gasteiger partial charge on any atom is -1.00 e. The van der Waals surface area contributed by atoms with Crippen molar-refractivity contribution in [3.05, 3.63) is 0 Å². The summed E-state index contributed by atoms with van der Waals surface area (Å²) in [6.07, 6.45) is 0. The van der Waals surface area contributed by atoms with E-state index in [9.17, 15) is 0 Å². The monoisotopic (exact) mass is 110 g/mol. The van der Waals surface area contributed by atoms with Crippen LogP contribution in [0.1, 0.15) is 2.85 Å². The molecule has 0 rings (SSSR count). The molecule has 6 heavy (non-hydrogen) atoms. The Kier molecular flexibility index (Phi) is 42.0. The maximum Gasteiger partial charge on any atom is 1.00 e. The summed E-state index contributed by atoms with van der Waals surface area (Å²) >= 11 is 0. The average molecular weight is 110 g/mol. The molecule has 0 radical (unpaired) electrons. The van der Waals surface area contributed by atoms with Gasteiger partial charge in [0.25, 0.3) is 0 Å². The van der Waals surface area contributed by atoms with E-state index in [1.165, 1.54) is 0 Å². The maximum atomic E-state index is 8.70. The summed E-state index contributed by atoms with van der Waals surface area (Å²) in [6.45, 7) is -0.0694. The Balaban J connectivity index is -0.00000000750. The van der Waals surface area contributed by atoms with Gasteiger partial charge in [0.15, 0.2) is 0 Å². The molecule has 0 saturated heterocycles. The zero-order valence-corrected chi connectivity index (χ0v) is 7.84. The van der Waals surface area contributed by atoms with E-state index < -0.39 is 0 Å². The summed E-state index contributed by atoms with van der Waals surface area (Å²) in [7, 11) is 0. The van der Waals surface area contributed by atoms with Crippen molar-refractivity contribution in [2.75, 3.05) is 0 Å². The molecule has 28 valence electrons. The Morgan fingerprint density at radius 3 is 1.83 bits per heavy atom. The Bertz CT molecular complexity index is 29.2. The van der Waals surface area contributed by atoms with Crippen LogP contribution in [0.3, 0.4) is 0 Å². The van der Waals surface area contributed by atoms with E-state index in [1.54, 1.807) is 0 Å². The van der Waals surface area contributed by atoms with Crippen molar-refractivity contribution in [2.45, 2.75) is 0 Å². The van der Waals surface area contributed by atoms with Crippen molar-refractivity contribution in [3.63, 3.8) is 0 Å². The van der Waals surface area contributed by atoms with Crippen molar-refractivity contribution in [2.24, 2.45) is 0 Å². The first-order valence-corrected chi connectivity index (χ1v) is 0.654. The first-order chi connectivity index (χ1) is 1.91. The number of hydrogen-bond acceptors (Lipinski definition) is 3. The van der Waals surface area contributed by atoms with Gasteiger partial charge in [-0.25, -0.2) is 5.26 Å². The van der Waals surface area contributed by atoms with Crippen molar-refractivity contribution in [1.29, 1.82) is 0 Å². The second-order valence-electron chi connectivity index (χ2n) is 0.202. The molecule has 0 unspecified atom stereocenters. The first-order valence-electron chi connectivity index (χ1n) is 0.654. The van der Waals surface area contributed by atoms with Gasteiger partial charge < -0.3 is 7.74 Å². The van der Waals surface area contributed by atoms with E-state index in [2.05, 4.69) is 4.89 Å². The molecule has 0 amide bonds. The molecule has 0 fully saturated rings. The van der Waals surface area contributed by atoms with Crippen LogP contribution in [0, 0.1) is 0 Å². The van der Waals surface area contributed by atoms with Gasteiger partial charge in [0.1, 0.15) is 0 Å². The predicted octanol–water partition coefficient (Wildman–Crippen LogP) is -6.13. The number of rotatable bonds is 1. The Hall–Kier alpha value is 1.43. The summed E-state index contributed by atoms with van der Waals surface area (Å²) in [5.41, 5.74) is 0. The number of carbonyl (C=O) groups is 1. The van der Waals surface area contributed by atoms with Gasteiger partial charge in [0.05, 0.1) is 0 Å². The van der Waals surface area contributed by atoms with Crippen LogP contribution in [0.15, 0.2) is 0 Å². The van der Waals surface area contributed by atoms with E-state index in [0.717, 1.165) is 0 Å². The van der Waals surface area contributed by atoms with Crippen molar-refractivity contribution >= 4 is 6.47 Å². The Morgan fingerprint density at radius 2 is 1.83 bits per heavy atom. The molecule has 0 heterocycles. The smallest absolute Gasteiger partial charge is 1.00 e. The minimum absolute atomic E-state index is 0. The van der Waals surface area contributed by atoms with E-state index in [0.29, 0.717) is 0 Å². The quantitative estimate of drug-likeness (QED) is 0.158. The van der Waals surface area contributed by atoms with Crippen molar-refractivity contribution < 1.29 is 76.9 Å². The average Bonchev–Trinajstić information content (AvgIpc) is 1.37. The normalized spacial score (nSPS) is 3.50. The summed E-state index contributed by atoms with van der Waals surface area (Å²) < 4.78 is 0. The van der Waals surface area contributed by atoms with Gasteiger partial charge in [-0.3, -0.25) is 4.79 Å². The molecule has 5 heteroatoms. The van der Waals surface area contributed by atoms with Crippen molar-refractivity contribution in [1.82, 2.24) is 0 Å². The van der Waals surface area contributed by atoms with E-state index in [-0.39, 0.29) is 68.4 Å². The van der Waals surface area contributed by atoms with Gasteiger partial charge in [-0.1, -0.05) is 0 Å². The summed E-state index contributed by atoms with van der Waals surface area (Å²) in [6, 6.07) is 0. The third-order valence-corrected chi connectivity index (χ3v) is 0.0430. The molecule has 3 nitrogen and oxygen atoms in total. The third-order valence-electron chi connectivity index (χ3n) is 0.0430. The molecule has 0 spiro atoms. The maximum absolute atomic E-state index is 8.70. The zero-order valence-electron chi connectivity index (χ0n) is 5.84. The minimum atomic E-state index is -0.0694. The molecular weight excluding hydrogens is 106 g/mol. The largest absolute Gasteiger partial charge is 1.00 e. The zero-order chi connectivity index (χ0) is 3.41. The van der Waals surface area contributed by atoms with Crippen LogP contribution in [-0.4, -0.2) is 11.7 Å². The van der Waals surface area contributed by atoms with Crippen LogP contribution < -0.4 is 59.1 Å². The Morgan fingerprint density at radius 1 is 1.67 bits per heavy atom. The van der Waals surface area contributed by atoms with Gasteiger partial charge in [-0.05, 0) is 0 Å². The van der Waals surface area contributed by atoms with E-state index in [4.69, 9.17) is 10.1 Å². The fraction of sp³-hybridized carbons (Fsp3) is 0. The van der Waals surface area contributed by atoms with Gasteiger partial charge in [-0.15, -0.1) is 0 Å². The third kappa shape index (κ3) is 18.0. The molecule has 0 atom stereocenters. The first kappa shape index (κ1) is 15.7. The topological polar surface area (TPSA) is 46.5 Å². The number of hydrogen-bond donors (Lipinski definition) is 1. The van der Waals surface area contributed by atoms with Crippen LogP contribution in [0.25, 0.3) is 0 Å². The molecule has 0 aliphatic heterocycles. The van der Waals surface area contributed by atoms with Gasteiger partial charge in [0.2, 0.25) is 0 Å². The number of carbonyl (C=O) groups excluding carboxylic acids is 1. The standard InChI is InChI=1S/CH2O3.2Na.2H/c2-1-4-3;;;;/h1,3H;;;;/q;2*+1;2*-1. The second-order valence-corrected chi connectivity index (χ2v) is 0.202. The molecule has 1 N–H and O–H groups in total. The van der Waals surface area contributed by atoms with E-state index >= 15 is 0 Å². The summed E-state index contributed by atoms with van der Waals surface area (Å²) in [4.78, 5) is 11.6. The fourth-order valence-corrected chi connectivity index (χ4v) is 0. The molecule has 0 saturated carbocycles. The van der Waals surface area contributed by atoms with Gasteiger partial charge in [-0.2, -0.15) is 0 Å². The molecule has 0 aromatic heterocycles. The SMILES string of the molecule is O=COO.[H-].[H-].[Na+].[Na+]. The van der Waals surface area contributed by atoms with Crippen LogP contribution in [0.2, 0.25) is 0 Å². The molecule has 0 aliphatic carbocycles. The van der Waals surface area contributed by atoms with Crippen molar-refractivity contribution in [3.8, 4) is 0 Å². The Labute approximate surface area is 82.5 Å². The second kappa shape index (κ2) is 16.1. The fourth-order valence-electron chi connectivity index (χ4n) is 0. The summed E-state index contributed by atoms with van der Waals surface area (Å²) in [5, 5.41) is 7.01. The van der Waals surface area contributed by atoms with Crippen LogP contribution in [0.4, 0.5) is 0 Å². The van der Waals surface area contributed by atoms with Gasteiger partial charge >= 0.3 is 65.6 Å². The predicted molar refractivity (Wildman–Crippen MR) is 12.0 cm³/mol. The summed E-state index contributed by atoms with van der Waals surface area (Å²) in [5.74, 6) is 0. The van der Waals surface area contributed by atoms with E-state index in [1.807, 2.05) is 0 Å². The molecule has 0 aliphatic rings.